The van der Waals surface area contributed by atoms with Gasteiger partial charge in [-0.25, -0.2) is 0 Å². The Bertz CT molecular complexity index is 352. The van der Waals surface area contributed by atoms with E-state index in [1.165, 1.54) is 17.5 Å². The Labute approximate surface area is 106 Å². The first-order valence-electron chi connectivity index (χ1n) is 6.48. The van der Waals surface area contributed by atoms with E-state index in [9.17, 15) is 0 Å². The second kappa shape index (κ2) is 4.81. The molecular formula is C16H27N. The molecule has 0 radical (unpaired) electrons. The van der Waals surface area contributed by atoms with Gasteiger partial charge >= 0.3 is 0 Å². The molecule has 0 aliphatic carbocycles. The number of nitrogens with two attached hydrogens (primary N) is 1. The first-order chi connectivity index (χ1) is 7.62. The standard InChI is InChI=1S/C16H27N/c1-12(17)13-7-9-14(10-8-13)16(5,6)11-15(2,3)4/h7-10,12H,11,17H2,1-6H3. The highest BCUT2D eigenvalue weighted by Crippen LogP contribution is 2.36. The quantitative estimate of drug-likeness (QED) is 0.821. The minimum absolute atomic E-state index is 0.120. The van der Waals surface area contributed by atoms with E-state index in [4.69, 9.17) is 5.73 Å². The second-order valence-corrected chi connectivity index (χ2v) is 7.03. The highest BCUT2D eigenvalue weighted by Gasteiger charge is 2.27. The fraction of sp³-hybridized carbons (Fsp3) is 0.625. The highest BCUT2D eigenvalue weighted by atomic mass is 14.6. The zero-order valence-electron chi connectivity index (χ0n) is 12.2. The van der Waals surface area contributed by atoms with Crippen LogP contribution in [0.15, 0.2) is 24.3 Å². The minimum Gasteiger partial charge on any atom is -0.324 e. The van der Waals surface area contributed by atoms with Crippen molar-refractivity contribution in [1.29, 1.82) is 0 Å². The lowest BCUT2D eigenvalue weighted by molar-refractivity contribution is 0.284. The number of hydrogen-bond acceptors (Lipinski definition) is 1. The maximum absolute atomic E-state index is 5.87. The van der Waals surface area contributed by atoms with Gasteiger partial charge in [-0.05, 0) is 35.3 Å². The molecule has 17 heavy (non-hydrogen) atoms. The van der Waals surface area contributed by atoms with Gasteiger partial charge < -0.3 is 5.73 Å². The van der Waals surface area contributed by atoms with Gasteiger partial charge in [0.15, 0.2) is 0 Å². The summed E-state index contributed by atoms with van der Waals surface area (Å²) in [6.07, 6.45) is 1.18. The molecule has 1 rings (SSSR count). The number of benzene rings is 1. The fourth-order valence-electron chi connectivity index (χ4n) is 2.67. The van der Waals surface area contributed by atoms with E-state index in [0.29, 0.717) is 5.41 Å². The van der Waals surface area contributed by atoms with Crippen molar-refractivity contribution in [2.45, 2.75) is 59.4 Å². The summed E-state index contributed by atoms with van der Waals surface area (Å²) >= 11 is 0. The molecule has 0 aromatic heterocycles. The van der Waals surface area contributed by atoms with E-state index in [1.54, 1.807) is 0 Å². The molecule has 0 saturated heterocycles. The normalized spacial score (nSPS) is 14.8. The molecule has 0 saturated carbocycles. The lowest BCUT2D eigenvalue weighted by Crippen LogP contribution is -2.24. The third-order valence-corrected chi connectivity index (χ3v) is 3.19. The molecule has 0 amide bonds. The monoisotopic (exact) mass is 233 g/mol. The van der Waals surface area contributed by atoms with Crippen LogP contribution in [0.2, 0.25) is 0 Å². The average molecular weight is 233 g/mol. The molecule has 0 fully saturated rings. The third-order valence-electron chi connectivity index (χ3n) is 3.19. The van der Waals surface area contributed by atoms with E-state index in [0.717, 1.165) is 0 Å². The Kier molecular flexibility index (Phi) is 4.03. The SMILES string of the molecule is CC(N)c1ccc(C(C)(C)CC(C)(C)C)cc1. The summed E-state index contributed by atoms with van der Waals surface area (Å²) in [5.74, 6) is 0. The maximum atomic E-state index is 5.87. The van der Waals surface area contributed by atoms with Crippen LogP contribution < -0.4 is 5.73 Å². The Hall–Kier alpha value is -0.820. The predicted molar refractivity (Wildman–Crippen MR) is 76.1 cm³/mol. The van der Waals surface area contributed by atoms with Crippen LogP contribution >= 0.6 is 0 Å². The Morgan fingerprint density at radius 2 is 1.47 bits per heavy atom. The van der Waals surface area contributed by atoms with Crippen molar-refractivity contribution in [2.75, 3.05) is 0 Å². The zero-order valence-corrected chi connectivity index (χ0v) is 12.2. The van der Waals surface area contributed by atoms with Crippen molar-refractivity contribution in [3.63, 3.8) is 0 Å². The summed E-state index contributed by atoms with van der Waals surface area (Å²) in [7, 11) is 0. The molecule has 96 valence electrons. The van der Waals surface area contributed by atoms with Gasteiger partial charge in [0, 0.05) is 6.04 Å². The van der Waals surface area contributed by atoms with Crippen molar-refractivity contribution in [3.8, 4) is 0 Å². The molecular weight excluding hydrogens is 206 g/mol. The van der Waals surface area contributed by atoms with Crippen LogP contribution in [0.1, 0.15) is 65.1 Å². The van der Waals surface area contributed by atoms with Crippen molar-refractivity contribution in [1.82, 2.24) is 0 Å². The Morgan fingerprint density at radius 3 is 1.82 bits per heavy atom. The lowest BCUT2D eigenvalue weighted by atomic mass is 9.72. The van der Waals surface area contributed by atoms with Crippen LogP contribution in [-0.4, -0.2) is 0 Å². The first kappa shape index (κ1) is 14.2. The smallest absolute Gasteiger partial charge is 0.0266 e. The molecule has 0 spiro atoms. The molecule has 1 aromatic rings. The van der Waals surface area contributed by atoms with E-state index in [1.807, 2.05) is 6.92 Å². The molecule has 0 bridgehead atoms. The third kappa shape index (κ3) is 4.16. The topological polar surface area (TPSA) is 26.0 Å². The van der Waals surface area contributed by atoms with Crippen LogP contribution in [-0.2, 0) is 5.41 Å². The van der Waals surface area contributed by atoms with Crippen LogP contribution in [0.4, 0.5) is 0 Å². The molecule has 0 heterocycles. The molecule has 2 N–H and O–H groups in total. The lowest BCUT2D eigenvalue weighted by Gasteiger charge is -2.33. The van der Waals surface area contributed by atoms with Gasteiger partial charge in [0.1, 0.15) is 0 Å². The van der Waals surface area contributed by atoms with E-state index < -0.39 is 0 Å². The largest absolute Gasteiger partial charge is 0.324 e. The Morgan fingerprint density at radius 1 is 1.00 bits per heavy atom. The summed E-state index contributed by atoms with van der Waals surface area (Å²) < 4.78 is 0. The predicted octanol–water partition coefficient (Wildman–Crippen LogP) is 4.42. The number of rotatable bonds is 3. The fourth-order valence-corrected chi connectivity index (χ4v) is 2.67. The van der Waals surface area contributed by atoms with Crippen molar-refractivity contribution in [2.24, 2.45) is 11.1 Å². The first-order valence-corrected chi connectivity index (χ1v) is 6.48. The van der Waals surface area contributed by atoms with Gasteiger partial charge in [-0.3, -0.25) is 0 Å². The average Bonchev–Trinajstić information content (AvgIpc) is 2.14. The summed E-state index contributed by atoms with van der Waals surface area (Å²) in [6, 6.07) is 8.89. The number of hydrogen-bond donors (Lipinski definition) is 1. The zero-order chi connectivity index (χ0) is 13.3. The van der Waals surface area contributed by atoms with Gasteiger partial charge in [0.2, 0.25) is 0 Å². The van der Waals surface area contributed by atoms with Gasteiger partial charge in [-0.2, -0.15) is 0 Å². The molecule has 1 heteroatoms. The van der Waals surface area contributed by atoms with E-state index in [-0.39, 0.29) is 11.5 Å². The van der Waals surface area contributed by atoms with E-state index >= 15 is 0 Å². The second-order valence-electron chi connectivity index (χ2n) is 7.03. The van der Waals surface area contributed by atoms with Crippen LogP contribution in [0.5, 0.6) is 0 Å². The summed E-state index contributed by atoms with van der Waals surface area (Å²) in [6.45, 7) is 13.6. The molecule has 1 unspecified atom stereocenters. The van der Waals surface area contributed by atoms with E-state index in [2.05, 4.69) is 58.9 Å². The highest BCUT2D eigenvalue weighted by molar-refractivity contribution is 5.29. The van der Waals surface area contributed by atoms with Crippen LogP contribution in [0.25, 0.3) is 0 Å². The molecule has 1 aromatic carbocycles. The van der Waals surface area contributed by atoms with Gasteiger partial charge in [-0.1, -0.05) is 58.9 Å². The van der Waals surface area contributed by atoms with Crippen molar-refractivity contribution in [3.05, 3.63) is 35.4 Å². The molecule has 0 aliphatic rings. The van der Waals surface area contributed by atoms with Crippen molar-refractivity contribution < 1.29 is 0 Å². The van der Waals surface area contributed by atoms with Crippen LogP contribution in [0, 0.1) is 5.41 Å². The molecule has 0 aliphatic heterocycles. The van der Waals surface area contributed by atoms with Crippen LogP contribution in [0.3, 0.4) is 0 Å². The molecule has 1 atom stereocenters. The summed E-state index contributed by atoms with van der Waals surface area (Å²) in [5, 5.41) is 0. The van der Waals surface area contributed by atoms with Gasteiger partial charge in [0.05, 0.1) is 0 Å². The Balaban J connectivity index is 2.92. The molecule has 1 nitrogen and oxygen atoms in total. The van der Waals surface area contributed by atoms with Gasteiger partial charge in [0.25, 0.3) is 0 Å². The maximum Gasteiger partial charge on any atom is 0.0266 e. The van der Waals surface area contributed by atoms with Crippen molar-refractivity contribution >= 4 is 0 Å². The van der Waals surface area contributed by atoms with Gasteiger partial charge in [-0.15, -0.1) is 0 Å². The summed E-state index contributed by atoms with van der Waals surface area (Å²) in [4.78, 5) is 0. The minimum atomic E-state index is 0.120. The summed E-state index contributed by atoms with van der Waals surface area (Å²) in [5.41, 5.74) is 9.05.